The number of hydrogen-bond acceptors (Lipinski definition) is 5. The molecule has 1 aliphatic carbocycles. The fourth-order valence-electron chi connectivity index (χ4n) is 1.57. The van der Waals surface area contributed by atoms with Crippen LogP contribution in [0.25, 0.3) is 0 Å². The SMILES string of the molecule is N[C@@H]1[C@@H](O)[C@@H](O)C[C@H](O)[C@H]1CO. The minimum absolute atomic E-state index is 0.0695. The Balaban J connectivity index is 2.65. The molecule has 5 nitrogen and oxygen atoms in total. The standard InChI is InChI=1S/C7H15NO4/c8-6-3(2-9)4(10)1-5(11)7(6)12/h3-7,9-12H,1-2,8H2/t3-,4+,5+,6+,7+/m1/s1. The lowest BCUT2D eigenvalue weighted by Gasteiger charge is -2.38. The highest BCUT2D eigenvalue weighted by Crippen LogP contribution is 2.23. The monoisotopic (exact) mass is 177 g/mol. The van der Waals surface area contributed by atoms with Gasteiger partial charge < -0.3 is 26.2 Å². The van der Waals surface area contributed by atoms with Crippen LogP contribution in [0, 0.1) is 5.92 Å². The summed E-state index contributed by atoms with van der Waals surface area (Å²) in [5, 5.41) is 36.5. The summed E-state index contributed by atoms with van der Waals surface area (Å²) < 4.78 is 0. The summed E-state index contributed by atoms with van der Waals surface area (Å²) in [5.41, 5.74) is 5.48. The molecule has 0 radical (unpaired) electrons. The molecule has 0 heterocycles. The van der Waals surface area contributed by atoms with Crippen LogP contribution in [0.1, 0.15) is 6.42 Å². The van der Waals surface area contributed by atoms with Crippen molar-refractivity contribution in [2.75, 3.05) is 6.61 Å². The lowest BCUT2D eigenvalue weighted by atomic mass is 9.79. The van der Waals surface area contributed by atoms with E-state index >= 15 is 0 Å². The summed E-state index contributed by atoms with van der Waals surface area (Å²) >= 11 is 0. The van der Waals surface area contributed by atoms with E-state index < -0.39 is 30.3 Å². The zero-order valence-corrected chi connectivity index (χ0v) is 6.67. The molecular formula is C7H15NO4. The Morgan fingerprint density at radius 3 is 2.25 bits per heavy atom. The van der Waals surface area contributed by atoms with Crippen LogP contribution in [0.3, 0.4) is 0 Å². The van der Waals surface area contributed by atoms with Gasteiger partial charge in [0.15, 0.2) is 0 Å². The van der Waals surface area contributed by atoms with Crippen molar-refractivity contribution in [1.82, 2.24) is 0 Å². The van der Waals surface area contributed by atoms with Gasteiger partial charge in [0, 0.05) is 25.0 Å². The second-order valence-corrected chi connectivity index (χ2v) is 3.28. The van der Waals surface area contributed by atoms with E-state index in [4.69, 9.17) is 15.9 Å². The Hall–Kier alpha value is -0.200. The predicted octanol–water partition coefficient (Wildman–Crippen LogP) is -2.59. The number of rotatable bonds is 1. The smallest absolute Gasteiger partial charge is 0.0955 e. The molecule has 1 fully saturated rings. The third-order valence-electron chi connectivity index (χ3n) is 2.47. The average Bonchev–Trinajstić information content (AvgIpc) is 2.01. The van der Waals surface area contributed by atoms with E-state index in [0.717, 1.165) is 0 Å². The van der Waals surface area contributed by atoms with Crippen LogP contribution >= 0.6 is 0 Å². The largest absolute Gasteiger partial charge is 0.396 e. The normalized spacial score (nSPS) is 49.2. The van der Waals surface area contributed by atoms with Crippen molar-refractivity contribution in [3.8, 4) is 0 Å². The van der Waals surface area contributed by atoms with Crippen LogP contribution in [0.2, 0.25) is 0 Å². The van der Waals surface area contributed by atoms with Gasteiger partial charge in [-0.2, -0.15) is 0 Å². The minimum Gasteiger partial charge on any atom is -0.396 e. The van der Waals surface area contributed by atoms with Gasteiger partial charge in [-0.25, -0.2) is 0 Å². The lowest BCUT2D eigenvalue weighted by Crippen LogP contribution is -2.57. The van der Waals surface area contributed by atoms with E-state index in [0.29, 0.717) is 0 Å². The van der Waals surface area contributed by atoms with E-state index in [-0.39, 0.29) is 13.0 Å². The van der Waals surface area contributed by atoms with Gasteiger partial charge in [0.25, 0.3) is 0 Å². The molecule has 5 heteroatoms. The molecule has 0 unspecified atom stereocenters. The van der Waals surface area contributed by atoms with E-state index in [1.807, 2.05) is 0 Å². The average molecular weight is 177 g/mol. The van der Waals surface area contributed by atoms with Gasteiger partial charge in [0.05, 0.1) is 18.3 Å². The molecule has 0 aromatic heterocycles. The van der Waals surface area contributed by atoms with Crippen molar-refractivity contribution >= 4 is 0 Å². The number of aliphatic hydroxyl groups is 4. The highest BCUT2D eigenvalue weighted by Gasteiger charge is 2.40. The fourth-order valence-corrected chi connectivity index (χ4v) is 1.57. The molecule has 0 aromatic carbocycles. The molecule has 0 saturated heterocycles. The Kier molecular flexibility index (Phi) is 3.03. The summed E-state index contributed by atoms with van der Waals surface area (Å²) in [6.45, 7) is -0.272. The van der Waals surface area contributed by atoms with Gasteiger partial charge in [-0.15, -0.1) is 0 Å². The Bertz CT molecular complexity index is 154. The number of nitrogens with two attached hydrogens (primary N) is 1. The first-order valence-electron chi connectivity index (χ1n) is 3.98. The topological polar surface area (TPSA) is 107 Å². The van der Waals surface area contributed by atoms with Crippen molar-refractivity contribution in [1.29, 1.82) is 0 Å². The Labute approximate surface area is 70.4 Å². The Morgan fingerprint density at radius 1 is 1.17 bits per heavy atom. The van der Waals surface area contributed by atoms with Crippen molar-refractivity contribution in [3.05, 3.63) is 0 Å². The molecule has 6 N–H and O–H groups in total. The summed E-state index contributed by atoms with van der Waals surface area (Å²) in [7, 11) is 0. The fraction of sp³-hybridized carbons (Fsp3) is 1.00. The van der Waals surface area contributed by atoms with Crippen molar-refractivity contribution in [2.45, 2.75) is 30.8 Å². The quantitative estimate of drug-likeness (QED) is 0.302. The zero-order chi connectivity index (χ0) is 9.30. The van der Waals surface area contributed by atoms with Crippen molar-refractivity contribution < 1.29 is 20.4 Å². The third-order valence-corrected chi connectivity index (χ3v) is 2.47. The maximum atomic E-state index is 9.32. The molecule has 1 aliphatic rings. The zero-order valence-electron chi connectivity index (χ0n) is 6.67. The first-order valence-corrected chi connectivity index (χ1v) is 3.98. The summed E-state index contributed by atoms with van der Waals surface area (Å²) in [4.78, 5) is 0. The van der Waals surface area contributed by atoms with E-state index in [1.54, 1.807) is 0 Å². The van der Waals surface area contributed by atoms with Crippen LogP contribution in [0.15, 0.2) is 0 Å². The molecule has 12 heavy (non-hydrogen) atoms. The van der Waals surface area contributed by atoms with Crippen LogP contribution in [-0.2, 0) is 0 Å². The van der Waals surface area contributed by atoms with Gasteiger partial charge in [-0.3, -0.25) is 0 Å². The van der Waals surface area contributed by atoms with Crippen LogP contribution in [-0.4, -0.2) is 51.4 Å². The summed E-state index contributed by atoms with van der Waals surface area (Å²) in [6, 6.07) is -0.756. The summed E-state index contributed by atoms with van der Waals surface area (Å²) in [6.07, 6.45) is -2.80. The maximum absolute atomic E-state index is 9.32. The predicted molar refractivity (Wildman–Crippen MR) is 41.2 cm³/mol. The molecule has 0 bridgehead atoms. The molecule has 1 saturated carbocycles. The van der Waals surface area contributed by atoms with Crippen LogP contribution < -0.4 is 5.73 Å². The van der Waals surface area contributed by atoms with Gasteiger partial charge in [-0.05, 0) is 0 Å². The summed E-state index contributed by atoms with van der Waals surface area (Å²) in [5.74, 6) is -0.539. The highest BCUT2D eigenvalue weighted by atomic mass is 16.3. The Morgan fingerprint density at radius 2 is 1.75 bits per heavy atom. The van der Waals surface area contributed by atoms with Gasteiger partial charge in [0.1, 0.15) is 0 Å². The molecule has 5 atom stereocenters. The van der Waals surface area contributed by atoms with Gasteiger partial charge in [0.2, 0.25) is 0 Å². The third kappa shape index (κ3) is 1.60. The highest BCUT2D eigenvalue weighted by molar-refractivity contribution is 4.94. The molecule has 0 aliphatic heterocycles. The molecule has 72 valence electrons. The van der Waals surface area contributed by atoms with Crippen LogP contribution in [0.5, 0.6) is 0 Å². The molecule has 0 amide bonds. The molecule has 0 spiro atoms. The second-order valence-electron chi connectivity index (χ2n) is 3.28. The first-order chi connectivity index (χ1) is 5.57. The second kappa shape index (κ2) is 3.68. The van der Waals surface area contributed by atoms with Crippen molar-refractivity contribution in [3.63, 3.8) is 0 Å². The van der Waals surface area contributed by atoms with Gasteiger partial charge >= 0.3 is 0 Å². The van der Waals surface area contributed by atoms with Gasteiger partial charge in [-0.1, -0.05) is 0 Å². The molecule has 1 rings (SSSR count). The van der Waals surface area contributed by atoms with Crippen molar-refractivity contribution in [2.24, 2.45) is 11.7 Å². The van der Waals surface area contributed by atoms with E-state index in [1.165, 1.54) is 0 Å². The van der Waals surface area contributed by atoms with E-state index in [9.17, 15) is 10.2 Å². The van der Waals surface area contributed by atoms with E-state index in [2.05, 4.69) is 0 Å². The molecule has 0 aromatic rings. The maximum Gasteiger partial charge on any atom is 0.0955 e. The first kappa shape index (κ1) is 9.88. The molecular weight excluding hydrogens is 162 g/mol. The lowest BCUT2D eigenvalue weighted by molar-refractivity contribution is -0.0992. The van der Waals surface area contributed by atoms with Crippen LogP contribution in [0.4, 0.5) is 0 Å². The number of aliphatic hydroxyl groups excluding tert-OH is 4. The number of hydrogen-bond donors (Lipinski definition) is 5. The minimum atomic E-state index is -1.05.